The van der Waals surface area contributed by atoms with E-state index in [1.54, 1.807) is 55.1 Å². The molecule has 3 aromatic carbocycles. The molecule has 2 heterocycles. The summed E-state index contributed by atoms with van der Waals surface area (Å²) in [6.45, 7) is 4.50. The van der Waals surface area contributed by atoms with Crippen LogP contribution in [0, 0.1) is 6.92 Å². The molecule has 7 nitrogen and oxygen atoms in total. The Bertz CT molecular complexity index is 1410. The summed E-state index contributed by atoms with van der Waals surface area (Å²) in [5, 5.41) is 12.7. The highest BCUT2D eigenvalue weighted by Crippen LogP contribution is 2.25. The van der Waals surface area contributed by atoms with Gasteiger partial charge in [-0.25, -0.2) is 4.98 Å². The second-order valence-electron chi connectivity index (χ2n) is 8.63. The van der Waals surface area contributed by atoms with Gasteiger partial charge < -0.3 is 19.7 Å². The third-order valence-corrected chi connectivity index (χ3v) is 6.14. The second kappa shape index (κ2) is 8.76. The number of aliphatic hydroxyl groups is 1. The fourth-order valence-electron chi connectivity index (χ4n) is 4.31. The maximum atomic E-state index is 13.2. The van der Waals surface area contributed by atoms with Crippen LogP contribution >= 0.6 is 0 Å². The Labute approximate surface area is 197 Å². The molecule has 2 N–H and O–H groups in total. The fraction of sp³-hybridized carbons (Fsp3) is 0.222. The van der Waals surface area contributed by atoms with E-state index < -0.39 is 6.10 Å². The first-order chi connectivity index (χ1) is 16.4. The normalized spacial score (nSPS) is 14.0. The molecule has 0 fully saturated rings. The molecule has 1 aliphatic heterocycles. The monoisotopic (exact) mass is 455 g/mol. The molecule has 7 heteroatoms. The number of oxazole rings is 1. The molecule has 34 heavy (non-hydrogen) atoms. The molecule has 0 spiro atoms. The van der Waals surface area contributed by atoms with Crippen LogP contribution in [0.15, 0.2) is 65.1 Å². The zero-order valence-corrected chi connectivity index (χ0v) is 19.0. The van der Waals surface area contributed by atoms with Gasteiger partial charge in [0.15, 0.2) is 11.5 Å². The molecule has 4 aromatic rings. The quantitative estimate of drug-likeness (QED) is 0.467. The first-order valence-electron chi connectivity index (χ1n) is 11.2. The van der Waals surface area contributed by atoms with E-state index in [0.717, 1.165) is 28.6 Å². The van der Waals surface area contributed by atoms with Crippen LogP contribution in [0.2, 0.25) is 0 Å². The average molecular weight is 456 g/mol. The Hall–Kier alpha value is -3.97. The third kappa shape index (κ3) is 4.30. The van der Waals surface area contributed by atoms with Crippen LogP contribution < -0.4 is 5.32 Å². The highest BCUT2D eigenvalue weighted by molar-refractivity contribution is 6.04. The lowest BCUT2D eigenvalue weighted by atomic mass is 9.96. The van der Waals surface area contributed by atoms with Crippen molar-refractivity contribution in [1.29, 1.82) is 0 Å². The SMILES string of the molecule is Cc1nc2ccc(C(=O)N3CCc4ccc(C(=O)Nc5cccc(C(C)O)c5)cc4C3)cc2o1. The Kier molecular flexibility index (Phi) is 5.63. The molecular weight excluding hydrogens is 430 g/mol. The molecular formula is C27H25N3O4. The van der Waals surface area contributed by atoms with E-state index in [-0.39, 0.29) is 11.8 Å². The largest absolute Gasteiger partial charge is 0.441 e. The fourth-order valence-corrected chi connectivity index (χ4v) is 4.31. The maximum Gasteiger partial charge on any atom is 0.255 e. The Morgan fingerprint density at radius 2 is 1.88 bits per heavy atom. The molecule has 0 saturated heterocycles. The number of aliphatic hydroxyl groups excluding tert-OH is 1. The Morgan fingerprint density at radius 1 is 1.06 bits per heavy atom. The maximum absolute atomic E-state index is 13.2. The van der Waals surface area contributed by atoms with Gasteiger partial charge in [-0.05, 0) is 72.5 Å². The number of hydrogen-bond donors (Lipinski definition) is 2. The number of aromatic nitrogens is 1. The predicted molar refractivity (Wildman–Crippen MR) is 129 cm³/mol. The van der Waals surface area contributed by atoms with Gasteiger partial charge in [0, 0.05) is 36.8 Å². The summed E-state index contributed by atoms with van der Waals surface area (Å²) in [5.41, 5.74) is 5.85. The number of benzene rings is 3. The van der Waals surface area contributed by atoms with E-state index in [2.05, 4.69) is 10.3 Å². The number of aryl methyl sites for hydroxylation is 1. The summed E-state index contributed by atoms with van der Waals surface area (Å²) in [6, 6.07) is 18.1. The molecule has 5 rings (SSSR count). The van der Waals surface area contributed by atoms with E-state index in [4.69, 9.17) is 4.42 Å². The molecule has 2 amide bonds. The Balaban J connectivity index is 1.33. The molecule has 0 saturated carbocycles. The van der Waals surface area contributed by atoms with Gasteiger partial charge in [-0.1, -0.05) is 18.2 Å². The van der Waals surface area contributed by atoms with E-state index >= 15 is 0 Å². The zero-order valence-electron chi connectivity index (χ0n) is 19.0. The lowest BCUT2D eigenvalue weighted by Crippen LogP contribution is -2.36. The number of amides is 2. The van der Waals surface area contributed by atoms with Gasteiger partial charge in [0.05, 0.1) is 6.10 Å². The number of hydrogen-bond acceptors (Lipinski definition) is 5. The van der Waals surface area contributed by atoms with Gasteiger partial charge in [0.25, 0.3) is 11.8 Å². The number of carbonyl (C=O) groups is 2. The highest BCUT2D eigenvalue weighted by atomic mass is 16.3. The summed E-state index contributed by atoms with van der Waals surface area (Å²) in [6.07, 6.45) is 0.112. The zero-order chi connectivity index (χ0) is 23.8. The number of rotatable bonds is 4. The standard InChI is InChI=1S/C27H25N3O4/c1-16(31)19-4-3-5-23(13-19)29-26(32)20-7-6-18-10-11-30(15-22(18)12-20)27(33)21-8-9-24-25(14-21)34-17(2)28-24/h3-9,12-14,16,31H,10-11,15H2,1-2H3,(H,29,32). The van der Waals surface area contributed by atoms with Crippen molar-refractivity contribution in [2.24, 2.45) is 0 Å². The smallest absolute Gasteiger partial charge is 0.255 e. The van der Waals surface area contributed by atoms with Gasteiger partial charge in [-0.3, -0.25) is 9.59 Å². The summed E-state index contributed by atoms with van der Waals surface area (Å²) in [4.78, 5) is 32.1. The van der Waals surface area contributed by atoms with Crippen molar-refractivity contribution < 1.29 is 19.1 Å². The van der Waals surface area contributed by atoms with Crippen LogP contribution in [-0.4, -0.2) is 33.3 Å². The number of anilines is 1. The first-order valence-corrected chi connectivity index (χ1v) is 11.2. The molecule has 1 unspecified atom stereocenters. The van der Waals surface area contributed by atoms with Gasteiger partial charge in [-0.2, -0.15) is 0 Å². The van der Waals surface area contributed by atoms with E-state index in [1.807, 2.05) is 24.3 Å². The van der Waals surface area contributed by atoms with Gasteiger partial charge in [0.2, 0.25) is 0 Å². The van der Waals surface area contributed by atoms with Crippen molar-refractivity contribution in [2.75, 3.05) is 11.9 Å². The van der Waals surface area contributed by atoms with Crippen molar-refractivity contribution >= 4 is 28.6 Å². The third-order valence-electron chi connectivity index (χ3n) is 6.14. The van der Waals surface area contributed by atoms with Crippen molar-refractivity contribution in [3.8, 4) is 0 Å². The first kappa shape index (κ1) is 21.9. The number of carbonyl (C=O) groups excluding carboxylic acids is 2. The minimum atomic E-state index is -0.613. The minimum Gasteiger partial charge on any atom is -0.441 e. The lowest BCUT2D eigenvalue weighted by Gasteiger charge is -2.29. The van der Waals surface area contributed by atoms with Crippen molar-refractivity contribution in [3.63, 3.8) is 0 Å². The van der Waals surface area contributed by atoms with Crippen LogP contribution in [0.4, 0.5) is 5.69 Å². The number of nitrogens with one attached hydrogen (secondary N) is 1. The molecule has 0 bridgehead atoms. The minimum absolute atomic E-state index is 0.0774. The topological polar surface area (TPSA) is 95.7 Å². The van der Waals surface area contributed by atoms with Gasteiger partial charge in [0.1, 0.15) is 5.52 Å². The predicted octanol–water partition coefficient (Wildman–Crippen LogP) is 4.64. The summed E-state index contributed by atoms with van der Waals surface area (Å²) in [7, 11) is 0. The average Bonchev–Trinajstić information content (AvgIpc) is 3.22. The molecule has 1 atom stereocenters. The van der Waals surface area contributed by atoms with Crippen molar-refractivity contribution in [2.45, 2.75) is 32.9 Å². The molecule has 1 aromatic heterocycles. The number of nitrogens with zero attached hydrogens (tertiary/aromatic N) is 2. The van der Waals surface area contributed by atoms with Crippen LogP contribution in [0.25, 0.3) is 11.1 Å². The van der Waals surface area contributed by atoms with Crippen molar-refractivity contribution in [1.82, 2.24) is 9.88 Å². The molecule has 0 radical (unpaired) electrons. The lowest BCUT2D eigenvalue weighted by molar-refractivity contribution is 0.0734. The van der Waals surface area contributed by atoms with Crippen LogP contribution in [-0.2, 0) is 13.0 Å². The summed E-state index contributed by atoms with van der Waals surface area (Å²) in [5.74, 6) is 0.251. The molecule has 172 valence electrons. The van der Waals surface area contributed by atoms with Gasteiger partial charge >= 0.3 is 0 Å². The summed E-state index contributed by atoms with van der Waals surface area (Å²) < 4.78 is 5.57. The second-order valence-corrected chi connectivity index (χ2v) is 8.63. The highest BCUT2D eigenvalue weighted by Gasteiger charge is 2.23. The molecule has 0 aliphatic carbocycles. The van der Waals surface area contributed by atoms with Gasteiger partial charge in [-0.15, -0.1) is 0 Å². The van der Waals surface area contributed by atoms with Crippen LogP contribution in [0.1, 0.15) is 56.3 Å². The Morgan fingerprint density at radius 3 is 2.71 bits per heavy atom. The van der Waals surface area contributed by atoms with Crippen LogP contribution in [0.3, 0.4) is 0 Å². The summed E-state index contributed by atoms with van der Waals surface area (Å²) >= 11 is 0. The van der Waals surface area contributed by atoms with E-state index in [9.17, 15) is 14.7 Å². The van der Waals surface area contributed by atoms with Crippen molar-refractivity contribution in [3.05, 3.63) is 94.4 Å². The van der Waals surface area contributed by atoms with E-state index in [1.165, 1.54) is 0 Å². The molecule has 1 aliphatic rings. The van der Waals surface area contributed by atoms with Crippen LogP contribution in [0.5, 0.6) is 0 Å². The number of fused-ring (bicyclic) bond motifs is 2. The van der Waals surface area contributed by atoms with E-state index in [0.29, 0.717) is 41.4 Å².